The van der Waals surface area contributed by atoms with E-state index in [-0.39, 0.29) is 24.6 Å². The Morgan fingerprint density at radius 2 is 1.77 bits per heavy atom. The van der Waals surface area contributed by atoms with E-state index in [2.05, 4.69) is 12.0 Å². The minimum Gasteiger partial charge on any atom is -0.492 e. The molecule has 0 radical (unpaired) electrons. The summed E-state index contributed by atoms with van der Waals surface area (Å²) in [7, 11) is 1.85. The molecule has 2 aromatic carbocycles. The van der Waals surface area contributed by atoms with Crippen LogP contribution in [0, 0.1) is 0 Å². The fourth-order valence-corrected chi connectivity index (χ4v) is 4.91. The number of benzene rings is 2. The zero-order chi connectivity index (χ0) is 27.8. The SMILES string of the molecule is CCCC1=NN(C)C2C(=O)N(CCOc3ccc(C[C@@H](Oc4ccccc4)C(=O)OCC)cc3)C(CC)=NC12. The highest BCUT2D eigenvalue weighted by Crippen LogP contribution is 2.27. The predicted octanol–water partition coefficient (Wildman–Crippen LogP) is 4.11. The molecular formula is C30H38N4O5. The van der Waals surface area contributed by atoms with Crippen molar-refractivity contribution in [1.29, 1.82) is 0 Å². The van der Waals surface area contributed by atoms with Crippen molar-refractivity contribution in [1.82, 2.24) is 9.91 Å². The summed E-state index contributed by atoms with van der Waals surface area (Å²) in [4.78, 5) is 32.5. The summed E-state index contributed by atoms with van der Waals surface area (Å²) in [6.07, 6.45) is 2.10. The molecule has 208 valence electrons. The van der Waals surface area contributed by atoms with Gasteiger partial charge in [0, 0.05) is 19.9 Å². The van der Waals surface area contributed by atoms with E-state index >= 15 is 0 Å². The lowest BCUT2D eigenvalue weighted by atomic mass is 9.98. The Morgan fingerprint density at radius 1 is 1.03 bits per heavy atom. The third-order valence-corrected chi connectivity index (χ3v) is 6.77. The third kappa shape index (κ3) is 6.77. The largest absolute Gasteiger partial charge is 0.492 e. The standard InChI is InChI=1S/C30H38N4O5/c1-5-11-24-27-28(33(4)32-24)29(35)34(26(6-2)31-27)18-19-38-22-16-14-21(15-17-22)20-25(30(36)37-7-3)39-23-12-9-8-10-13-23/h8-10,12-17,25,27-28H,5-7,11,18-20H2,1-4H3/t25-,27?,28?/m1/s1. The van der Waals surface area contributed by atoms with Crippen molar-refractivity contribution in [2.24, 2.45) is 10.1 Å². The van der Waals surface area contributed by atoms with Gasteiger partial charge in [0.2, 0.25) is 0 Å². The van der Waals surface area contributed by atoms with E-state index in [1.165, 1.54) is 0 Å². The van der Waals surface area contributed by atoms with Crippen LogP contribution in [0.1, 0.15) is 45.6 Å². The summed E-state index contributed by atoms with van der Waals surface area (Å²) in [6.45, 7) is 6.92. The smallest absolute Gasteiger partial charge is 0.347 e. The summed E-state index contributed by atoms with van der Waals surface area (Å²) in [5.41, 5.74) is 1.90. The molecule has 9 nitrogen and oxygen atoms in total. The number of likely N-dealkylation sites (N-methyl/N-ethyl adjacent to an activating group) is 1. The molecule has 0 fully saturated rings. The number of rotatable bonds is 13. The molecule has 4 rings (SSSR count). The lowest BCUT2D eigenvalue weighted by molar-refractivity contribution is -0.151. The van der Waals surface area contributed by atoms with Crippen LogP contribution in [0.25, 0.3) is 0 Å². The number of amides is 1. The Hall–Kier alpha value is -3.88. The van der Waals surface area contributed by atoms with Gasteiger partial charge in [-0.2, -0.15) is 5.10 Å². The lowest BCUT2D eigenvalue weighted by Gasteiger charge is -2.35. The molecule has 2 aromatic rings. The number of aliphatic imine (C=N–C) groups is 1. The average Bonchev–Trinajstić information content (AvgIpc) is 3.26. The number of carbonyl (C=O) groups excluding carboxylic acids is 2. The second-order valence-electron chi connectivity index (χ2n) is 9.56. The number of amidine groups is 1. The molecule has 39 heavy (non-hydrogen) atoms. The highest BCUT2D eigenvalue weighted by atomic mass is 16.6. The first kappa shape index (κ1) is 28.1. The number of nitrogens with zero attached hydrogens (tertiary/aromatic N) is 4. The summed E-state index contributed by atoms with van der Waals surface area (Å²) in [5.74, 6) is 1.69. The molecule has 9 heteroatoms. The molecule has 2 heterocycles. The quantitative estimate of drug-likeness (QED) is 0.359. The molecule has 0 saturated heterocycles. The number of hydrogen-bond acceptors (Lipinski definition) is 8. The number of esters is 1. The molecule has 0 N–H and O–H groups in total. The van der Waals surface area contributed by atoms with Crippen LogP contribution >= 0.6 is 0 Å². The van der Waals surface area contributed by atoms with E-state index in [4.69, 9.17) is 19.2 Å². The lowest BCUT2D eigenvalue weighted by Crippen LogP contribution is -2.56. The van der Waals surface area contributed by atoms with Crippen LogP contribution in [-0.2, 0) is 20.7 Å². The maximum atomic E-state index is 13.4. The Labute approximate surface area is 230 Å². The van der Waals surface area contributed by atoms with Gasteiger partial charge in [-0.1, -0.05) is 50.6 Å². The zero-order valence-corrected chi connectivity index (χ0v) is 23.2. The highest BCUT2D eigenvalue weighted by Gasteiger charge is 2.46. The fourth-order valence-electron chi connectivity index (χ4n) is 4.91. The minimum absolute atomic E-state index is 0.0200. The van der Waals surface area contributed by atoms with Crippen molar-refractivity contribution in [2.75, 3.05) is 26.8 Å². The molecule has 2 aliphatic rings. The molecule has 0 aliphatic carbocycles. The Balaban J connectivity index is 1.35. The van der Waals surface area contributed by atoms with Gasteiger partial charge < -0.3 is 14.2 Å². The van der Waals surface area contributed by atoms with Gasteiger partial charge in [0.25, 0.3) is 5.91 Å². The molecule has 0 bridgehead atoms. The van der Waals surface area contributed by atoms with Gasteiger partial charge in [-0.25, -0.2) is 4.79 Å². The number of carbonyl (C=O) groups is 2. The van der Waals surface area contributed by atoms with Gasteiger partial charge in [0.15, 0.2) is 12.1 Å². The van der Waals surface area contributed by atoms with Crippen LogP contribution in [0.15, 0.2) is 64.7 Å². The van der Waals surface area contributed by atoms with Gasteiger partial charge in [0.05, 0.1) is 18.9 Å². The number of fused-ring (bicyclic) bond motifs is 1. The first-order valence-corrected chi connectivity index (χ1v) is 13.7. The van der Waals surface area contributed by atoms with Crippen molar-refractivity contribution < 1.29 is 23.8 Å². The fraction of sp³-hybridized carbons (Fsp3) is 0.467. The second kappa shape index (κ2) is 13.3. The van der Waals surface area contributed by atoms with Gasteiger partial charge in [-0.05, 0) is 43.2 Å². The normalized spacial score (nSPS) is 19.2. The number of hydrogen-bond donors (Lipinski definition) is 0. The van der Waals surface area contributed by atoms with Crippen molar-refractivity contribution in [3.05, 3.63) is 60.2 Å². The predicted molar refractivity (Wildman–Crippen MR) is 150 cm³/mol. The van der Waals surface area contributed by atoms with E-state index in [0.717, 1.165) is 30.0 Å². The van der Waals surface area contributed by atoms with Crippen molar-refractivity contribution in [3.8, 4) is 11.5 Å². The number of para-hydroxylation sites is 1. The summed E-state index contributed by atoms with van der Waals surface area (Å²) >= 11 is 0. The van der Waals surface area contributed by atoms with Crippen LogP contribution in [-0.4, -0.2) is 78.3 Å². The monoisotopic (exact) mass is 534 g/mol. The summed E-state index contributed by atoms with van der Waals surface area (Å²) in [6, 6.07) is 16.2. The van der Waals surface area contributed by atoms with E-state index in [1.54, 1.807) is 16.8 Å². The van der Waals surface area contributed by atoms with Crippen LogP contribution in [0.5, 0.6) is 11.5 Å². The topological polar surface area (TPSA) is 93.0 Å². The Bertz CT molecular complexity index is 1180. The molecule has 3 atom stereocenters. The molecule has 0 spiro atoms. The van der Waals surface area contributed by atoms with Crippen molar-refractivity contribution >= 4 is 23.4 Å². The first-order chi connectivity index (χ1) is 18.9. The number of ether oxygens (including phenoxy) is 3. The third-order valence-electron chi connectivity index (χ3n) is 6.77. The van der Waals surface area contributed by atoms with Crippen LogP contribution in [0.4, 0.5) is 0 Å². The maximum Gasteiger partial charge on any atom is 0.347 e. The first-order valence-electron chi connectivity index (χ1n) is 13.7. The van der Waals surface area contributed by atoms with Crippen LogP contribution in [0.2, 0.25) is 0 Å². The molecule has 1 amide bonds. The highest BCUT2D eigenvalue weighted by molar-refractivity contribution is 6.09. The summed E-state index contributed by atoms with van der Waals surface area (Å²) < 4.78 is 17.1. The molecule has 0 saturated carbocycles. The van der Waals surface area contributed by atoms with Gasteiger partial charge in [0.1, 0.15) is 30.0 Å². The molecular weight excluding hydrogens is 496 g/mol. The number of hydrazone groups is 1. The zero-order valence-electron chi connectivity index (χ0n) is 23.2. The van der Waals surface area contributed by atoms with E-state index < -0.39 is 12.1 Å². The minimum atomic E-state index is -0.754. The van der Waals surface area contributed by atoms with Crippen LogP contribution in [0.3, 0.4) is 0 Å². The molecule has 2 aliphatic heterocycles. The maximum absolute atomic E-state index is 13.4. The van der Waals surface area contributed by atoms with E-state index in [1.807, 2.05) is 68.6 Å². The second-order valence-corrected chi connectivity index (χ2v) is 9.56. The van der Waals surface area contributed by atoms with Gasteiger partial charge >= 0.3 is 5.97 Å². The molecule has 2 unspecified atom stereocenters. The Morgan fingerprint density at radius 3 is 2.44 bits per heavy atom. The molecule has 0 aromatic heterocycles. The van der Waals surface area contributed by atoms with Crippen LogP contribution < -0.4 is 9.47 Å². The Kier molecular flexibility index (Phi) is 9.57. The van der Waals surface area contributed by atoms with Gasteiger partial charge in [-0.3, -0.25) is 19.7 Å². The van der Waals surface area contributed by atoms with Gasteiger partial charge in [-0.15, -0.1) is 0 Å². The summed E-state index contributed by atoms with van der Waals surface area (Å²) in [5, 5.41) is 6.36. The van der Waals surface area contributed by atoms with Crippen molar-refractivity contribution in [3.63, 3.8) is 0 Å². The van der Waals surface area contributed by atoms with Crippen molar-refractivity contribution in [2.45, 2.75) is 64.6 Å². The van der Waals surface area contributed by atoms with E-state index in [0.29, 0.717) is 37.5 Å². The average molecular weight is 535 g/mol. The van der Waals surface area contributed by atoms with E-state index in [9.17, 15) is 9.59 Å².